The largest absolute Gasteiger partial charge is 0.307 e. The molecular weight excluding hydrogens is 212 g/mol. The second-order valence-corrected chi connectivity index (χ2v) is 4.48. The van der Waals surface area contributed by atoms with Gasteiger partial charge in [0.25, 0.3) is 0 Å². The number of nitrogens with zero attached hydrogens (tertiary/aromatic N) is 1. The van der Waals surface area contributed by atoms with E-state index in [9.17, 15) is 0 Å². The maximum Gasteiger partial charge on any atom is 0.0711 e. The maximum atomic E-state index is 3.48. The zero-order chi connectivity index (χ0) is 11.7. The minimum absolute atomic E-state index is 0.907. The summed E-state index contributed by atoms with van der Waals surface area (Å²) in [5, 5.41) is 5.65. The third kappa shape index (κ3) is 1.79. The number of hydrazine groups is 2. The lowest BCUT2D eigenvalue weighted by Gasteiger charge is -2.20. The summed E-state index contributed by atoms with van der Waals surface area (Å²) in [4.78, 5) is 0. The van der Waals surface area contributed by atoms with E-state index in [0.29, 0.717) is 0 Å². The Morgan fingerprint density at radius 3 is 3.00 bits per heavy atom. The first-order chi connectivity index (χ1) is 8.40. The van der Waals surface area contributed by atoms with Crippen molar-refractivity contribution >= 4 is 5.69 Å². The molecule has 3 N–H and O–H groups in total. The highest BCUT2D eigenvalue weighted by Gasteiger charge is 2.26. The van der Waals surface area contributed by atoms with Crippen molar-refractivity contribution in [3.05, 3.63) is 41.2 Å². The van der Waals surface area contributed by atoms with Crippen molar-refractivity contribution in [3.8, 4) is 0 Å². The smallest absolute Gasteiger partial charge is 0.0711 e. The molecule has 3 rings (SSSR count). The van der Waals surface area contributed by atoms with Gasteiger partial charge >= 0.3 is 0 Å². The molecule has 0 unspecified atom stereocenters. The Kier molecular flexibility index (Phi) is 2.74. The van der Waals surface area contributed by atoms with Crippen molar-refractivity contribution < 1.29 is 0 Å². The van der Waals surface area contributed by atoms with Gasteiger partial charge in [-0.25, -0.2) is 0 Å². The van der Waals surface area contributed by atoms with Gasteiger partial charge in [-0.15, -0.1) is 5.53 Å². The zero-order valence-corrected chi connectivity index (χ0v) is 10.1. The van der Waals surface area contributed by atoms with Gasteiger partial charge in [-0.1, -0.05) is 31.5 Å². The van der Waals surface area contributed by atoms with Crippen molar-refractivity contribution in [3.63, 3.8) is 0 Å². The summed E-state index contributed by atoms with van der Waals surface area (Å²) in [6.07, 6.45) is 2.24. The second kappa shape index (κ2) is 4.39. The fourth-order valence-electron chi connectivity index (χ4n) is 2.44. The molecule has 0 aliphatic carbocycles. The lowest BCUT2D eigenvalue weighted by Crippen LogP contribution is -2.38. The van der Waals surface area contributed by atoms with Crippen LogP contribution in [0.3, 0.4) is 0 Å². The number of anilines is 1. The fourth-order valence-corrected chi connectivity index (χ4v) is 2.44. The highest BCUT2D eigenvalue weighted by molar-refractivity contribution is 5.59. The Labute approximate surface area is 102 Å². The molecule has 17 heavy (non-hydrogen) atoms. The number of fused-ring (bicyclic) bond motifs is 3. The summed E-state index contributed by atoms with van der Waals surface area (Å²) in [5.74, 6) is 0. The number of benzene rings is 1. The molecule has 0 aromatic heterocycles. The number of rotatable bonds is 2. The molecule has 0 saturated carbocycles. The average molecular weight is 230 g/mol. The van der Waals surface area contributed by atoms with Crippen LogP contribution in [0, 0.1) is 0 Å². The van der Waals surface area contributed by atoms with Gasteiger partial charge in [0.15, 0.2) is 0 Å². The van der Waals surface area contributed by atoms with Crippen LogP contribution in [0.1, 0.15) is 25.3 Å². The van der Waals surface area contributed by atoms with Gasteiger partial charge < -0.3 is 10.7 Å². The summed E-state index contributed by atoms with van der Waals surface area (Å²) in [7, 11) is 0. The van der Waals surface area contributed by atoms with E-state index in [-0.39, 0.29) is 0 Å². The summed E-state index contributed by atoms with van der Waals surface area (Å²) in [6, 6.07) is 8.50. The molecular formula is C13H18N4. The van der Waals surface area contributed by atoms with E-state index >= 15 is 0 Å². The molecule has 0 amide bonds. The Bertz CT molecular complexity index is 452. The van der Waals surface area contributed by atoms with Crippen LogP contribution >= 0.6 is 0 Å². The van der Waals surface area contributed by atoms with E-state index in [2.05, 4.69) is 52.5 Å². The van der Waals surface area contributed by atoms with Crippen molar-refractivity contribution in [1.29, 1.82) is 0 Å². The molecule has 1 aromatic rings. The molecule has 4 heteroatoms. The van der Waals surface area contributed by atoms with Crippen LogP contribution in [0.5, 0.6) is 0 Å². The topological polar surface area (TPSA) is 39.3 Å². The second-order valence-electron chi connectivity index (χ2n) is 4.48. The van der Waals surface area contributed by atoms with Crippen LogP contribution in [0.15, 0.2) is 35.7 Å². The normalized spacial score (nSPS) is 18.5. The van der Waals surface area contributed by atoms with Crippen molar-refractivity contribution in [2.24, 2.45) is 0 Å². The Morgan fingerprint density at radius 1 is 1.24 bits per heavy atom. The first kappa shape index (κ1) is 10.6. The van der Waals surface area contributed by atoms with Gasteiger partial charge in [0.2, 0.25) is 0 Å². The fraction of sp³-hybridized carbons (Fsp3) is 0.385. The molecule has 0 bridgehead atoms. The summed E-state index contributed by atoms with van der Waals surface area (Å²) in [5.41, 5.74) is 11.7. The van der Waals surface area contributed by atoms with E-state index < -0.39 is 0 Å². The SMILES string of the molecule is CCCC1=C2CNCc3ccccc3N2NN1. The van der Waals surface area contributed by atoms with Crippen LogP contribution in [-0.2, 0) is 6.54 Å². The van der Waals surface area contributed by atoms with Crippen molar-refractivity contribution in [2.75, 3.05) is 11.6 Å². The van der Waals surface area contributed by atoms with Crippen LogP contribution < -0.4 is 21.3 Å². The summed E-state index contributed by atoms with van der Waals surface area (Å²) in [6.45, 7) is 4.04. The first-order valence-electron chi connectivity index (χ1n) is 6.22. The van der Waals surface area contributed by atoms with Crippen LogP contribution in [0.2, 0.25) is 0 Å². The van der Waals surface area contributed by atoms with E-state index in [1.807, 2.05) is 0 Å². The highest BCUT2D eigenvalue weighted by Crippen LogP contribution is 2.28. The van der Waals surface area contributed by atoms with Crippen molar-refractivity contribution in [1.82, 2.24) is 16.3 Å². The molecule has 2 aliphatic rings. The van der Waals surface area contributed by atoms with E-state index in [4.69, 9.17) is 0 Å². The monoisotopic (exact) mass is 230 g/mol. The molecule has 2 heterocycles. The number of hydrogen-bond acceptors (Lipinski definition) is 4. The molecule has 90 valence electrons. The van der Waals surface area contributed by atoms with Gasteiger partial charge in [-0.05, 0) is 18.1 Å². The number of hydrogen-bond donors (Lipinski definition) is 3. The Balaban J connectivity index is 2.01. The zero-order valence-electron chi connectivity index (χ0n) is 10.1. The predicted molar refractivity (Wildman–Crippen MR) is 68.8 cm³/mol. The Morgan fingerprint density at radius 2 is 2.12 bits per heavy atom. The van der Waals surface area contributed by atoms with Crippen molar-refractivity contribution in [2.45, 2.75) is 26.3 Å². The van der Waals surface area contributed by atoms with E-state index in [0.717, 1.165) is 25.9 Å². The van der Waals surface area contributed by atoms with Gasteiger partial charge in [0.05, 0.1) is 17.1 Å². The molecule has 2 aliphatic heterocycles. The third-order valence-electron chi connectivity index (χ3n) is 3.28. The first-order valence-corrected chi connectivity index (χ1v) is 6.22. The lowest BCUT2D eigenvalue weighted by atomic mass is 10.1. The summed E-state index contributed by atoms with van der Waals surface area (Å²) < 4.78 is 0. The molecule has 0 fully saturated rings. The lowest BCUT2D eigenvalue weighted by molar-refractivity contribution is 0.634. The van der Waals surface area contributed by atoms with Crippen LogP contribution in [0.4, 0.5) is 5.69 Å². The minimum atomic E-state index is 0.907. The Hall–Kier alpha value is -1.52. The maximum absolute atomic E-state index is 3.48. The van der Waals surface area contributed by atoms with Crippen LogP contribution in [0.25, 0.3) is 0 Å². The van der Waals surface area contributed by atoms with E-state index in [1.54, 1.807) is 0 Å². The third-order valence-corrected chi connectivity index (χ3v) is 3.28. The highest BCUT2D eigenvalue weighted by atomic mass is 15.7. The molecule has 0 saturated heterocycles. The number of allylic oxidation sites excluding steroid dienone is 1. The average Bonchev–Trinajstić information content (AvgIpc) is 2.65. The molecule has 0 atom stereocenters. The number of nitrogens with one attached hydrogen (secondary N) is 3. The predicted octanol–water partition coefficient (Wildman–Crippen LogP) is 1.63. The van der Waals surface area contributed by atoms with E-state index in [1.165, 1.54) is 22.6 Å². The minimum Gasteiger partial charge on any atom is -0.307 e. The summed E-state index contributed by atoms with van der Waals surface area (Å²) >= 11 is 0. The molecule has 1 aromatic carbocycles. The number of para-hydroxylation sites is 1. The molecule has 0 radical (unpaired) electrons. The van der Waals surface area contributed by atoms with Gasteiger partial charge in [0.1, 0.15) is 0 Å². The van der Waals surface area contributed by atoms with Crippen LogP contribution in [-0.4, -0.2) is 6.54 Å². The van der Waals surface area contributed by atoms with Gasteiger partial charge in [-0.3, -0.25) is 5.01 Å². The quantitative estimate of drug-likeness (QED) is 0.722. The molecule has 0 spiro atoms. The van der Waals surface area contributed by atoms with Gasteiger partial charge in [0, 0.05) is 13.1 Å². The standard InChI is InChI=1S/C13H18N4/c1-2-5-11-13-9-14-8-10-6-3-4-7-12(10)17(13)16-15-11/h3-4,6-7,14-16H,2,5,8-9H2,1H3. The van der Waals surface area contributed by atoms with Gasteiger partial charge in [-0.2, -0.15) is 0 Å². The molecule has 4 nitrogen and oxygen atoms in total.